The highest BCUT2D eigenvalue weighted by molar-refractivity contribution is 5.99. The van der Waals surface area contributed by atoms with Crippen LogP contribution in [0.25, 0.3) is 22.1 Å². The highest BCUT2D eigenvalue weighted by atomic mass is 16.4. The molecule has 0 saturated carbocycles. The SMILES string of the molecule is Cc1cc2oc(=O)cc(-c3ccccc3)c2c(O)c1CN[C@H](Cc1ccccc1)C(=O)O. The van der Waals surface area contributed by atoms with Crippen LogP contribution in [0.5, 0.6) is 5.75 Å². The summed E-state index contributed by atoms with van der Waals surface area (Å²) in [6.07, 6.45) is 0.313. The van der Waals surface area contributed by atoms with E-state index in [1.54, 1.807) is 13.0 Å². The molecular formula is C26H23NO5. The summed E-state index contributed by atoms with van der Waals surface area (Å²) in [6.45, 7) is 1.93. The number of fused-ring (bicyclic) bond motifs is 1. The number of rotatable bonds is 7. The van der Waals surface area contributed by atoms with E-state index in [1.807, 2.05) is 60.7 Å². The molecule has 0 fully saturated rings. The number of carbonyl (C=O) groups is 1. The lowest BCUT2D eigenvalue weighted by Gasteiger charge is -2.18. The molecule has 0 bridgehead atoms. The van der Waals surface area contributed by atoms with Crippen molar-refractivity contribution < 1.29 is 19.4 Å². The number of nitrogens with one attached hydrogen (secondary N) is 1. The van der Waals surface area contributed by atoms with Gasteiger partial charge in [-0.1, -0.05) is 60.7 Å². The smallest absolute Gasteiger partial charge is 0.336 e. The topological polar surface area (TPSA) is 99.8 Å². The van der Waals surface area contributed by atoms with Crippen molar-refractivity contribution in [3.8, 4) is 16.9 Å². The summed E-state index contributed by atoms with van der Waals surface area (Å²) in [4.78, 5) is 23.9. The zero-order chi connectivity index (χ0) is 22.7. The Morgan fingerprint density at radius 1 is 1.03 bits per heavy atom. The second-order valence-electron chi connectivity index (χ2n) is 7.70. The Morgan fingerprint density at radius 2 is 1.69 bits per heavy atom. The number of benzene rings is 3. The third-order valence-electron chi connectivity index (χ3n) is 5.53. The lowest BCUT2D eigenvalue weighted by atomic mass is 9.96. The molecule has 0 radical (unpaired) electrons. The van der Waals surface area contributed by atoms with Gasteiger partial charge in [-0.15, -0.1) is 0 Å². The number of phenolic OH excluding ortho intramolecular Hbond substituents is 1. The molecule has 6 heteroatoms. The van der Waals surface area contributed by atoms with Crippen LogP contribution >= 0.6 is 0 Å². The maximum absolute atomic E-state index is 12.1. The standard InChI is InChI=1S/C26H23NO5/c1-16-12-22-24(19(14-23(28)32-22)18-10-6-3-7-11-18)25(29)20(16)15-27-21(26(30)31)13-17-8-4-2-5-9-17/h2-12,14,21,27,29H,13,15H2,1H3,(H,30,31)/t21-/m1/s1. The Balaban J connectivity index is 1.72. The van der Waals surface area contributed by atoms with E-state index in [4.69, 9.17) is 4.42 Å². The van der Waals surface area contributed by atoms with Crippen molar-refractivity contribution in [3.63, 3.8) is 0 Å². The quantitative estimate of drug-likeness (QED) is 0.380. The minimum Gasteiger partial charge on any atom is -0.507 e. The molecule has 1 atom stereocenters. The third-order valence-corrected chi connectivity index (χ3v) is 5.53. The molecule has 3 aromatic carbocycles. The normalized spacial score (nSPS) is 12.0. The minimum absolute atomic E-state index is 0.0287. The predicted octanol–water partition coefficient (Wildman–Crippen LogP) is 4.26. The van der Waals surface area contributed by atoms with Gasteiger partial charge in [0, 0.05) is 23.7 Å². The first-order valence-electron chi connectivity index (χ1n) is 10.3. The number of carboxylic acids is 1. The Labute approximate surface area is 184 Å². The van der Waals surface area contributed by atoms with Crippen LogP contribution in [-0.4, -0.2) is 22.2 Å². The van der Waals surface area contributed by atoms with Crippen LogP contribution in [0.3, 0.4) is 0 Å². The summed E-state index contributed by atoms with van der Waals surface area (Å²) >= 11 is 0. The molecule has 32 heavy (non-hydrogen) atoms. The summed E-state index contributed by atoms with van der Waals surface area (Å²) in [5, 5.41) is 24.3. The van der Waals surface area contributed by atoms with Crippen molar-refractivity contribution in [2.75, 3.05) is 0 Å². The molecule has 0 unspecified atom stereocenters. The average molecular weight is 429 g/mol. The van der Waals surface area contributed by atoms with Crippen molar-refractivity contribution >= 4 is 16.9 Å². The Hall–Kier alpha value is -3.90. The lowest BCUT2D eigenvalue weighted by molar-refractivity contribution is -0.139. The maximum atomic E-state index is 12.1. The van der Waals surface area contributed by atoms with Crippen LogP contribution in [0.1, 0.15) is 16.7 Å². The van der Waals surface area contributed by atoms with E-state index in [0.29, 0.717) is 28.5 Å². The fraction of sp³-hybridized carbons (Fsp3) is 0.154. The van der Waals surface area contributed by atoms with Crippen LogP contribution < -0.4 is 10.9 Å². The summed E-state index contributed by atoms with van der Waals surface area (Å²) in [5.74, 6) is -0.998. The number of aliphatic carboxylic acids is 1. The molecule has 162 valence electrons. The van der Waals surface area contributed by atoms with E-state index >= 15 is 0 Å². The van der Waals surface area contributed by atoms with Crippen molar-refractivity contribution in [3.05, 3.63) is 99.9 Å². The van der Waals surface area contributed by atoms with Crippen LogP contribution in [0, 0.1) is 6.92 Å². The minimum atomic E-state index is -0.970. The van der Waals surface area contributed by atoms with Gasteiger partial charge in [-0.25, -0.2) is 4.79 Å². The molecule has 1 aromatic heterocycles. The monoisotopic (exact) mass is 429 g/mol. The van der Waals surface area contributed by atoms with Crippen LogP contribution in [-0.2, 0) is 17.8 Å². The van der Waals surface area contributed by atoms with Gasteiger partial charge in [-0.3, -0.25) is 10.1 Å². The highest BCUT2D eigenvalue weighted by Crippen LogP contribution is 2.37. The summed E-state index contributed by atoms with van der Waals surface area (Å²) in [7, 11) is 0. The third kappa shape index (κ3) is 4.40. The molecule has 3 N–H and O–H groups in total. The number of carboxylic acid groups (broad SMARTS) is 1. The second kappa shape index (κ2) is 9.08. The van der Waals surface area contributed by atoms with E-state index in [-0.39, 0.29) is 17.9 Å². The summed E-state index contributed by atoms with van der Waals surface area (Å²) in [5.41, 5.74) is 3.28. The Bertz CT molecular complexity index is 1310. The van der Waals surface area contributed by atoms with Crippen LogP contribution in [0.4, 0.5) is 0 Å². The fourth-order valence-electron chi connectivity index (χ4n) is 3.87. The summed E-state index contributed by atoms with van der Waals surface area (Å²) in [6, 6.07) is 20.9. The molecule has 0 saturated heterocycles. The van der Waals surface area contributed by atoms with E-state index in [1.165, 1.54) is 6.07 Å². The Morgan fingerprint density at radius 3 is 2.34 bits per heavy atom. The van der Waals surface area contributed by atoms with E-state index < -0.39 is 17.6 Å². The molecular weight excluding hydrogens is 406 g/mol. The van der Waals surface area contributed by atoms with E-state index in [9.17, 15) is 19.8 Å². The van der Waals surface area contributed by atoms with Gasteiger partial charge in [0.25, 0.3) is 0 Å². The molecule has 4 aromatic rings. The lowest BCUT2D eigenvalue weighted by Crippen LogP contribution is -2.38. The van der Waals surface area contributed by atoms with Crippen LogP contribution in [0.15, 0.2) is 82.0 Å². The Kier molecular flexibility index (Phi) is 6.05. The molecule has 0 amide bonds. The summed E-state index contributed by atoms with van der Waals surface area (Å²) < 4.78 is 5.35. The zero-order valence-corrected chi connectivity index (χ0v) is 17.5. The molecule has 0 spiro atoms. The highest BCUT2D eigenvalue weighted by Gasteiger charge is 2.21. The number of hydrogen-bond donors (Lipinski definition) is 3. The first-order chi connectivity index (χ1) is 15.4. The van der Waals surface area contributed by atoms with Gasteiger partial charge in [-0.05, 0) is 36.1 Å². The van der Waals surface area contributed by atoms with Gasteiger partial charge < -0.3 is 14.6 Å². The molecule has 1 heterocycles. The molecule has 4 rings (SSSR count). The van der Waals surface area contributed by atoms with Crippen molar-refractivity contribution in [2.45, 2.75) is 25.9 Å². The van der Waals surface area contributed by atoms with Gasteiger partial charge in [-0.2, -0.15) is 0 Å². The molecule has 0 aliphatic carbocycles. The van der Waals surface area contributed by atoms with E-state index in [0.717, 1.165) is 11.1 Å². The number of aromatic hydroxyl groups is 1. The zero-order valence-electron chi connectivity index (χ0n) is 17.5. The number of aryl methyl sites for hydroxylation is 1. The second-order valence-corrected chi connectivity index (χ2v) is 7.70. The first kappa shape index (κ1) is 21.3. The van der Waals surface area contributed by atoms with Crippen molar-refractivity contribution in [2.24, 2.45) is 0 Å². The number of phenols is 1. The fourth-order valence-corrected chi connectivity index (χ4v) is 3.87. The molecule has 0 aliphatic heterocycles. The van der Waals surface area contributed by atoms with E-state index in [2.05, 4.69) is 5.32 Å². The largest absolute Gasteiger partial charge is 0.507 e. The van der Waals surface area contributed by atoms with Gasteiger partial charge >= 0.3 is 11.6 Å². The predicted molar refractivity (Wildman–Crippen MR) is 123 cm³/mol. The van der Waals surface area contributed by atoms with Crippen molar-refractivity contribution in [1.82, 2.24) is 5.32 Å². The average Bonchev–Trinajstić information content (AvgIpc) is 2.78. The van der Waals surface area contributed by atoms with Crippen LogP contribution in [0.2, 0.25) is 0 Å². The first-order valence-corrected chi connectivity index (χ1v) is 10.3. The van der Waals surface area contributed by atoms with Gasteiger partial charge in [0.1, 0.15) is 17.4 Å². The molecule has 6 nitrogen and oxygen atoms in total. The van der Waals surface area contributed by atoms with Crippen molar-refractivity contribution in [1.29, 1.82) is 0 Å². The number of hydrogen-bond acceptors (Lipinski definition) is 5. The maximum Gasteiger partial charge on any atom is 0.336 e. The van der Waals surface area contributed by atoms with Gasteiger partial charge in [0.05, 0.1) is 5.39 Å². The van der Waals surface area contributed by atoms with Gasteiger partial charge in [0.2, 0.25) is 0 Å². The van der Waals surface area contributed by atoms with Gasteiger partial charge in [0.15, 0.2) is 0 Å². The molecule has 0 aliphatic rings.